The second kappa shape index (κ2) is 8.60. The van der Waals surface area contributed by atoms with Gasteiger partial charge >= 0.3 is 0 Å². The number of rotatable bonds is 5. The van der Waals surface area contributed by atoms with Crippen LogP contribution in [-0.2, 0) is 16.1 Å². The first-order chi connectivity index (χ1) is 12.2. The van der Waals surface area contributed by atoms with E-state index in [1.807, 2.05) is 4.90 Å². The summed E-state index contributed by atoms with van der Waals surface area (Å²) in [6.07, 6.45) is 0.484. The van der Waals surface area contributed by atoms with Gasteiger partial charge in [0.2, 0.25) is 5.91 Å². The molecule has 25 heavy (non-hydrogen) atoms. The Morgan fingerprint density at radius 1 is 1.36 bits per heavy atom. The Morgan fingerprint density at radius 3 is 2.84 bits per heavy atom. The van der Waals surface area contributed by atoms with Gasteiger partial charge in [-0.3, -0.25) is 9.69 Å². The first-order valence-electron chi connectivity index (χ1n) is 8.79. The monoisotopic (exact) mass is 351 g/mol. The van der Waals surface area contributed by atoms with Crippen molar-refractivity contribution in [2.75, 3.05) is 53.0 Å². The highest BCUT2D eigenvalue weighted by Gasteiger charge is 2.25. The highest BCUT2D eigenvalue weighted by Crippen LogP contribution is 2.21. The minimum Gasteiger partial charge on any atom is -0.496 e. The van der Waals surface area contributed by atoms with Crippen molar-refractivity contribution in [1.29, 1.82) is 0 Å². The smallest absolute Gasteiger partial charge is 0.224 e. The van der Waals surface area contributed by atoms with Crippen LogP contribution in [0, 0.1) is 5.82 Å². The number of nitrogens with one attached hydrogen (secondary N) is 1. The van der Waals surface area contributed by atoms with Crippen molar-refractivity contribution in [2.45, 2.75) is 19.0 Å². The predicted octanol–water partition coefficient (Wildman–Crippen LogP) is 0.857. The number of halogens is 1. The molecule has 1 N–H and O–H groups in total. The predicted molar refractivity (Wildman–Crippen MR) is 92.0 cm³/mol. The molecule has 1 aromatic carbocycles. The topological polar surface area (TPSA) is 54.0 Å². The van der Waals surface area contributed by atoms with Crippen molar-refractivity contribution in [3.8, 4) is 5.75 Å². The lowest BCUT2D eigenvalue weighted by molar-refractivity contribution is -0.134. The third-order valence-corrected chi connectivity index (χ3v) is 4.78. The molecule has 2 fully saturated rings. The highest BCUT2D eigenvalue weighted by molar-refractivity contribution is 5.77. The molecule has 0 bridgehead atoms. The van der Waals surface area contributed by atoms with Gasteiger partial charge in [0.1, 0.15) is 11.6 Å². The third kappa shape index (κ3) is 4.90. The second-order valence-electron chi connectivity index (χ2n) is 6.54. The van der Waals surface area contributed by atoms with Gasteiger partial charge in [-0.1, -0.05) is 0 Å². The number of methoxy groups -OCH3 is 1. The van der Waals surface area contributed by atoms with E-state index in [2.05, 4.69) is 10.2 Å². The molecule has 0 aliphatic carbocycles. The minimum atomic E-state index is -0.258. The zero-order valence-corrected chi connectivity index (χ0v) is 14.7. The fourth-order valence-electron chi connectivity index (χ4n) is 3.36. The van der Waals surface area contributed by atoms with E-state index < -0.39 is 0 Å². The van der Waals surface area contributed by atoms with Crippen LogP contribution < -0.4 is 10.1 Å². The lowest BCUT2D eigenvalue weighted by atomic mass is 10.1. The minimum absolute atomic E-state index is 0.121. The number of hydrogen-bond acceptors (Lipinski definition) is 5. The summed E-state index contributed by atoms with van der Waals surface area (Å²) < 4.78 is 24.2. The quantitative estimate of drug-likeness (QED) is 0.853. The Bertz CT molecular complexity index is 585. The van der Waals surface area contributed by atoms with Crippen molar-refractivity contribution in [3.63, 3.8) is 0 Å². The zero-order chi connectivity index (χ0) is 17.6. The maximum absolute atomic E-state index is 13.5. The summed E-state index contributed by atoms with van der Waals surface area (Å²) in [5.41, 5.74) is 0.839. The van der Waals surface area contributed by atoms with E-state index in [9.17, 15) is 9.18 Å². The summed E-state index contributed by atoms with van der Waals surface area (Å²) in [5.74, 6) is 0.612. The Labute approximate surface area is 147 Å². The number of amides is 1. The summed E-state index contributed by atoms with van der Waals surface area (Å²) in [6.45, 7) is 5.70. The van der Waals surface area contributed by atoms with E-state index in [0.717, 1.165) is 25.2 Å². The van der Waals surface area contributed by atoms with Crippen LogP contribution in [0.1, 0.15) is 12.0 Å². The van der Waals surface area contributed by atoms with Gasteiger partial charge < -0.3 is 19.7 Å². The number of hydrogen-bond donors (Lipinski definition) is 1. The molecular weight excluding hydrogens is 325 g/mol. The number of carbonyl (C=O) groups is 1. The standard InChI is InChI=1S/C18H26FN3O3/c1-24-17-3-2-15(19)10-14(17)12-21-5-7-22(8-6-21)18(23)11-16-13-25-9-4-20-16/h2-3,10,16,20H,4-9,11-13H2,1H3. The van der Waals surface area contributed by atoms with Gasteiger partial charge in [-0.15, -0.1) is 0 Å². The Hall–Kier alpha value is -1.70. The molecule has 0 radical (unpaired) electrons. The van der Waals surface area contributed by atoms with E-state index in [1.165, 1.54) is 12.1 Å². The number of nitrogens with zero attached hydrogens (tertiary/aromatic N) is 2. The van der Waals surface area contributed by atoms with Crippen LogP contribution in [0.25, 0.3) is 0 Å². The van der Waals surface area contributed by atoms with E-state index in [1.54, 1.807) is 13.2 Å². The Balaban J connectivity index is 1.48. The molecule has 2 heterocycles. The van der Waals surface area contributed by atoms with Gasteiger partial charge in [-0.05, 0) is 18.2 Å². The average Bonchev–Trinajstić information content (AvgIpc) is 2.63. The molecule has 1 aromatic rings. The summed E-state index contributed by atoms with van der Waals surface area (Å²) in [7, 11) is 1.59. The summed E-state index contributed by atoms with van der Waals surface area (Å²) in [5, 5.41) is 3.32. The van der Waals surface area contributed by atoms with Gasteiger partial charge in [0.05, 0.1) is 20.3 Å². The lowest BCUT2D eigenvalue weighted by Gasteiger charge is -2.36. The van der Waals surface area contributed by atoms with Gasteiger partial charge in [-0.25, -0.2) is 4.39 Å². The fraction of sp³-hybridized carbons (Fsp3) is 0.611. The molecule has 6 nitrogen and oxygen atoms in total. The van der Waals surface area contributed by atoms with Crippen molar-refractivity contribution >= 4 is 5.91 Å². The summed E-state index contributed by atoms with van der Waals surface area (Å²) in [4.78, 5) is 16.6. The number of benzene rings is 1. The van der Waals surface area contributed by atoms with E-state index >= 15 is 0 Å². The van der Waals surface area contributed by atoms with E-state index in [0.29, 0.717) is 45.0 Å². The molecule has 3 rings (SSSR count). The molecule has 2 aliphatic rings. The molecule has 2 saturated heterocycles. The number of carbonyl (C=O) groups excluding carboxylic acids is 1. The van der Waals surface area contributed by atoms with Crippen molar-refractivity contribution < 1.29 is 18.7 Å². The number of morpholine rings is 1. The van der Waals surface area contributed by atoms with Crippen LogP contribution in [-0.4, -0.2) is 74.8 Å². The molecule has 0 aromatic heterocycles. The molecule has 1 amide bonds. The first kappa shape index (κ1) is 18.1. The maximum Gasteiger partial charge on any atom is 0.224 e. The lowest BCUT2D eigenvalue weighted by Crippen LogP contribution is -2.51. The van der Waals surface area contributed by atoms with E-state index in [4.69, 9.17) is 9.47 Å². The van der Waals surface area contributed by atoms with E-state index in [-0.39, 0.29) is 17.8 Å². The SMILES string of the molecule is COc1ccc(F)cc1CN1CCN(C(=O)CC2COCCN2)CC1. The van der Waals surface area contributed by atoms with Crippen LogP contribution in [0.3, 0.4) is 0 Å². The second-order valence-corrected chi connectivity index (χ2v) is 6.54. The molecule has 0 spiro atoms. The van der Waals surface area contributed by atoms with Gasteiger partial charge in [0.25, 0.3) is 0 Å². The normalized spacial score (nSPS) is 22.0. The average molecular weight is 351 g/mol. The Kier molecular flexibility index (Phi) is 6.23. The molecule has 1 unspecified atom stereocenters. The van der Waals surface area contributed by atoms with Gasteiger partial charge in [-0.2, -0.15) is 0 Å². The van der Waals surface area contributed by atoms with Crippen LogP contribution in [0.15, 0.2) is 18.2 Å². The van der Waals surface area contributed by atoms with Crippen LogP contribution in [0.4, 0.5) is 4.39 Å². The van der Waals surface area contributed by atoms with Crippen molar-refractivity contribution in [3.05, 3.63) is 29.6 Å². The van der Waals surface area contributed by atoms with Gasteiger partial charge in [0.15, 0.2) is 0 Å². The fourth-order valence-corrected chi connectivity index (χ4v) is 3.36. The first-order valence-corrected chi connectivity index (χ1v) is 8.79. The van der Waals surface area contributed by atoms with Crippen LogP contribution in [0.2, 0.25) is 0 Å². The molecule has 138 valence electrons. The zero-order valence-electron chi connectivity index (χ0n) is 14.7. The van der Waals surface area contributed by atoms with Crippen LogP contribution in [0.5, 0.6) is 5.75 Å². The molecule has 1 atom stereocenters. The molecule has 0 saturated carbocycles. The maximum atomic E-state index is 13.5. The third-order valence-electron chi connectivity index (χ3n) is 4.78. The van der Waals surface area contributed by atoms with Crippen LogP contribution >= 0.6 is 0 Å². The number of piperazine rings is 1. The Morgan fingerprint density at radius 2 is 2.16 bits per heavy atom. The number of ether oxygens (including phenoxy) is 2. The molecule has 7 heteroatoms. The highest BCUT2D eigenvalue weighted by atomic mass is 19.1. The largest absolute Gasteiger partial charge is 0.496 e. The molecule has 2 aliphatic heterocycles. The summed E-state index contributed by atoms with van der Waals surface area (Å²) >= 11 is 0. The molecular formula is C18H26FN3O3. The van der Waals surface area contributed by atoms with Crippen molar-refractivity contribution in [1.82, 2.24) is 15.1 Å². The summed E-state index contributed by atoms with van der Waals surface area (Å²) in [6, 6.07) is 4.70. The van der Waals surface area contributed by atoms with Gasteiger partial charge in [0, 0.05) is 57.3 Å². The van der Waals surface area contributed by atoms with Crippen molar-refractivity contribution in [2.24, 2.45) is 0 Å².